The first-order chi connectivity index (χ1) is 12.8. The average molecular weight is 447 g/mol. The van der Waals surface area contributed by atoms with E-state index in [1.165, 1.54) is 42.5 Å². The fourth-order valence-electron chi connectivity index (χ4n) is 3.92. The molecule has 2 heteroatoms. The summed E-state index contributed by atoms with van der Waals surface area (Å²) in [6.07, 6.45) is 6.83. The minimum Gasteiger partial charge on any atom is -0.310 e. The molecule has 1 nitrogen and oxygen atoms in total. The number of hydrogen-bond donors (Lipinski definition) is 0. The third kappa shape index (κ3) is 2.60. The molecule has 0 fully saturated rings. The van der Waals surface area contributed by atoms with E-state index in [1.54, 1.807) is 0 Å². The van der Waals surface area contributed by atoms with Gasteiger partial charge in [0.2, 0.25) is 0 Å². The van der Waals surface area contributed by atoms with Crippen LogP contribution < -0.4 is 0 Å². The molecule has 0 amide bonds. The van der Waals surface area contributed by atoms with Crippen molar-refractivity contribution in [3.63, 3.8) is 0 Å². The normalized spacial score (nSPS) is 13.1. The summed E-state index contributed by atoms with van der Waals surface area (Å²) >= 11 is 2.41. The van der Waals surface area contributed by atoms with Crippen LogP contribution in [0.3, 0.4) is 0 Å². The van der Waals surface area contributed by atoms with E-state index in [4.69, 9.17) is 0 Å². The molecule has 1 aliphatic rings. The van der Waals surface area contributed by atoms with Crippen molar-refractivity contribution in [1.29, 1.82) is 0 Å². The largest absolute Gasteiger partial charge is 0.310 e. The van der Waals surface area contributed by atoms with Crippen molar-refractivity contribution in [1.82, 2.24) is 4.57 Å². The van der Waals surface area contributed by atoms with Crippen LogP contribution in [0.25, 0.3) is 33.8 Å². The third-order valence-corrected chi connectivity index (χ3v) is 5.82. The zero-order valence-electron chi connectivity index (χ0n) is 14.3. The van der Waals surface area contributed by atoms with Crippen LogP contribution in [0.4, 0.5) is 0 Å². The summed E-state index contributed by atoms with van der Waals surface area (Å²) < 4.78 is 3.69. The molecule has 0 saturated carbocycles. The Kier molecular flexibility index (Phi) is 3.93. The Labute approximate surface area is 167 Å². The highest BCUT2D eigenvalue weighted by molar-refractivity contribution is 14.1. The molecule has 4 aromatic rings. The minimum absolute atomic E-state index is 1.12. The van der Waals surface area contributed by atoms with Crippen molar-refractivity contribution >= 4 is 39.6 Å². The molecule has 0 bridgehead atoms. The molecule has 126 valence electrons. The molecular formula is C24H18IN. The van der Waals surface area contributed by atoms with E-state index < -0.39 is 0 Å². The number of aryl methyl sites for hydroxylation is 1. The monoisotopic (exact) mass is 447 g/mol. The van der Waals surface area contributed by atoms with Crippen molar-refractivity contribution in [3.05, 3.63) is 93.7 Å². The van der Waals surface area contributed by atoms with Gasteiger partial charge in [-0.1, -0.05) is 54.6 Å². The minimum atomic E-state index is 1.12. The molecule has 0 spiro atoms. The number of fused-ring (bicyclic) bond motifs is 3. The summed E-state index contributed by atoms with van der Waals surface area (Å²) in [6.45, 7) is 0. The second-order valence-corrected chi connectivity index (χ2v) is 7.96. The van der Waals surface area contributed by atoms with Gasteiger partial charge in [-0.2, -0.15) is 0 Å². The highest BCUT2D eigenvalue weighted by Gasteiger charge is 2.18. The van der Waals surface area contributed by atoms with Gasteiger partial charge in [-0.05, 0) is 82.5 Å². The first-order valence-corrected chi connectivity index (χ1v) is 10.0. The topological polar surface area (TPSA) is 4.93 Å². The molecule has 1 aliphatic carbocycles. The van der Waals surface area contributed by atoms with Crippen LogP contribution in [-0.4, -0.2) is 4.57 Å². The lowest BCUT2D eigenvalue weighted by molar-refractivity contribution is 0.967. The van der Waals surface area contributed by atoms with Gasteiger partial charge in [0.15, 0.2) is 0 Å². The van der Waals surface area contributed by atoms with E-state index in [2.05, 4.69) is 112 Å². The van der Waals surface area contributed by atoms with Gasteiger partial charge >= 0.3 is 0 Å². The summed E-state index contributed by atoms with van der Waals surface area (Å²) in [5.74, 6) is 0. The van der Waals surface area contributed by atoms with Gasteiger partial charge in [-0.3, -0.25) is 0 Å². The predicted octanol–water partition coefficient (Wildman–Crippen LogP) is 6.86. The zero-order chi connectivity index (χ0) is 17.5. The van der Waals surface area contributed by atoms with E-state index >= 15 is 0 Å². The van der Waals surface area contributed by atoms with Crippen LogP contribution in [0.5, 0.6) is 0 Å². The first-order valence-electron chi connectivity index (χ1n) is 8.96. The van der Waals surface area contributed by atoms with Crippen LogP contribution in [0.15, 0.2) is 78.9 Å². The highest BCUT2D eigenvalue weighted by Crippen LogP contribution is 2.35. The molecule has 0 aliphatic heterocycles. The van der Waals surface area contributed by atoms with Crippen molar-refractivity contribution < 1.29 is 0 Å². The van der Waals surface area contributed by atoms with Gasteiger partial charge in [-0.25, -0.2) is 0 Å². The number of aromatic nitrogens is 1. The Morgan fingerprint density at radius 1 is 0.808 bits per heavy atom. The average Bonchev–Trinajstić information content (AvgIpc) is 3.02. The zero-order valence-corrected chi connectivity index (χ0v) is 16.5. The van der Waals surface area contributed by atoms with Crippen LogP contribution in [0.2, 0.25) is 0 Å². The molecule has 0 saturated heterocycles. The van der Waals surface area contributed by atoms with Gasteiger partial charge in [0.25, 0.3) is 0 Å². The molecule has 1 aromatic heterocycles. The summed E-state index contributed by atoms with van der Waals surface area (Å²) in [5.41, 5.74) is 7.86. The Hall–Kier alpha value is -2.33. The van der Waals surface area contributed by atoms with Crippen LogP contribution in [0, 0.1) is 3.57 Å². The molecule has 0 atom stereocenters. The molecule has 26 heavy (non-hydrogen) atoms. The number of halogens is 1. The van der Waals surface area contributed by atoms with E-state index in [0.717, 1.165) is 12.8 Å². The number of allylic oxidation sites excluding steroid dienone is 1. The number of hydrogen-bond acceptors (Lipinski definition) is 0. The van der Waals surface area contributed by atoms with Gasteiger partial charge in [0, 0.05) is 20.3 Å². The Bertz CT molecular complexity index is 1120. The van der Waals surface area contributed by atoms with Crippen LogP contribution in [-0.2, 0) is 6.42 Å². The van der Waals surface area contributed by atoms with Crippen LogP contribution >= 0.6 is 22.6 Å². The number of rotatable bonds is 2. The predicted molar refractivity (Wildman–Crippen MR) is 119 cm³/mol. The SMILES string of the molecule is Ic1ccc2c3c(n(-c4ccc(-c5ccccc5)cc4)c2c1)C=CCC3. The van der Waals surface area contributed by atoms with E-state index in [9.17, 15) is 0 Å². The van der Waals surface area contributed by atoms with Gasteiger partial charge in [0.1, 0.15) is 0 Å². The Morgan fingerprint density at radius 2 is 1.58 bits per heavy atom. The molecule has 0 unspecified atom stereocenters. The summed E-state index contributed by atoms with van der Waals surface area (Å²) in [6, 6.07) is 26.3. The third-order valence-electron chi connectivity index (χ3n) is 5.15. The Balaban J connectivity index is 1.70. The number of nitrogens with zero attached hydrogens (tertiary/aromatic N) is 1. The maximum atomic E-state index is 2.41. The maximum Gasteiger partial charge on any atom is 0.0548 e. The molecule has 1 heterocycles. The molecule has 0 N–H and O–H groups in total. The second-order valence-electron chi connectivity index (χ2n) is 6.71. The first kappa shape index (κ1) is 15.9. The smallest absolute Gasteiger partial charge is 0.0548 e. The van der Waals surface area contributed by atoms with E-state index in [-0.39, 0.29) is 0 Å². The van der Waals surface area contributed by atoms with Crippen molar-refractivity contribution in [2.24, 2.45) is 0 Å². The second kappa shape index (κ2) is 6.44. The molecule has 5 rings (SSSR count). The molecule has 3 aromatic carbocycles. The summed E-state index contributed by atoms with van der Waals surface area (Å²) in [5, 5.41) is 1.39. The standard InChI is InChI=1S/C24H18IN/c25-19-12-15-22-21-8-4-5-9-23(21)26(24(22)16-19)20-13-10-18(11-14-20)17-6-2-1-3-7-17/h1-3,5-7,9-16H,4,8H2. The van der Waals surface area contributed by atoms with Gasteiger partial charge in [-0.15, -0.1) is 0 Å². The fourth-order valence-corrected chi connectivity index (χ4v) is 4.39. The van der Waals surface area contributed by atoms with Crippen LogP contribution in [0.1, 0.15) is 17.7 Å². The molecular weight excluding hydrogens is 429 g/mol. The van der Waals surface area contributed by atoms with Gasteiger partial charge in [0.05, 0.1) is 5.52 Å². The lowest BCUT2D eigenvalue weighted by Gasteiger charge is -2.13. The Morgan fingerprint density at radius 3 is 2.38 bits per heavy atom. The van der Waals surface area contributed by atoms with Crippen molar-refractivity contribution in [2.75, 3.05) is 0 Å². The summed E-state index contributed by atoms with van der Waals surface area (Å²) in [4.78, 5) is 0. The van der Waals surface area contributed by atoms with Gasteiger partial charge < -0.3 is 4.57 Å². The fraction of sp³-hybridized carbons (Fsp3) is 0.0833. The highest BCUT2D eigenvalue weighted by atomic mass is 127. The van der Waals surface area contributed by atoms with E-state index in [1.807, 2.05) is 0 Å². The number of benzene rings is 3. The van der Waals surface area contributed by atoms with E-state index in [0.29, 0.717) is 0 Å². The van der Waals surface area contributed by atoms with Crippen molar-refractivity contribution in [3.8, 4) is 16.8 Å². The lowest BCUT2D eigenvalue weighted by atomic mass is 10.0. The van der Waals surface area contributed by atoms with Crippen molar-refractivity contribution in [2.45, 2.75) is 12.8 Å². The lowest BCUT2D eigenvalue weighted by Crippen LogP contribution is -2.00. The quantitative estimate of drug-likeness (QED) is 0.296. The maximum absolute atomic E-state index is 2.41. The molecule has 0 radical (unpaired) electrons. The summed E-state index contributed by atoms with van der Waals surface area (Å²) in [7, 11) is 0.